The van der Waals surface area contributed by atoms with Crippen LogP contribution >= 0.6 is 22.6 Å². The van der Waals surface area contributed by atoms with E-state index in [1.165, 1.54) is 3.57 Å². The maximum atomic E-state index is 6.12. The molecule has 5 heteroatoms. The molecular formula is C11H13IN4. The lowest BCUT2D eigenvalue weighted by molar-refractivity contribution is 0.693. The van der Waals surface area contributed by atoms with E-state index in [4.69, 9.17) is 5.73 Å². The molecule has 0 aliphatic rings. The fraction of sp³-hybridized carbons (Fsp3) is 0.273. The zero-order valence-corrected chi connectivity index (χ0v) is 11.1. The van der Waals surface area contributed by atoms with Gasteiger partial charge in [-0.25, -0.2) is 0 Å². The molecular weight excluding hydrogens is 315 g/mol. The van der Waals surface area contributed by atoms with Gasteiger partial charge in [-0.05, 0) is 40.3 Å². The number of halogens is 1. The first-order valence-corrected chi connectivity index (χ1v) is 6.09. The normalized spacial score (nSPS) is 12.7. The summed E-state index contributed by atoms with van der Waals surface area (Å²) in [5.41, 5.74) is 8.19. The molecule has 4 nitrogen and oxygen atoms in total. The summed E-state index contributed by atoms with van der Waals surface area (Å²) in [5.74, 6) is 0. The smallest absolute Gasteiger partial charge is 0.0845 e. The lowest BCUT2D eigenvalue weighted by Crippen LogP contribution is -2.13. The second-order valence-electron chi connectivity index (χ2n) is 3.75. The van der Waals surface area contributed by atoms with Crippen LogP contribution in [0.15, 0.2) is 30.5 Å². The molecule has 0 aliphatic carbocycles. The Morgan fingerprint density at radius 1 is 1.50 bits per heavy atom. The Balaban J connectivity index is 2.11. The Labute approximate surface area is 108 Å². The Morgan fingerprint density at radius 2 is 2.31 bits per heavy atom. The van der Waals surface area contributed by atoms with Crippen LogP contribution in [0.3, 0.4) is 0 Å². The maximum Gasteiger partial charge on any atom is 0.0845 e. The lowest BCUT2D eigenvalue weighted by Gasteiger charge is -2.10. The molecule has 1 heterocycles. The van der Waals surface area contributed by atoms with Crippen LogP contribution in [0, 0.1) is 3.57 Å². The molecule has 2 N–H and O–H groups in total. The molecule has 0 bridgehead atoms. The number of aromatic nitrogens is 3. The number of nitrogens with zero attached hydrogens (tertiary/aromatic N) is 3. The van der Waals surface area contributed by atoms with E-state index in [1.807, 2.05) is 25.4 Å². The molecule has 1 aromatic heterocycles. The molecule has 2 rings (SSSR count). The van der Waals surface area contributed by atoms with E-state index in [2.05, 4.69) is 45.0 Å². The summed E-state index contributed by atoms with van der Waals surface area (Å²) >= 11 is 2.29. The molecule has 0 aliphatic heterocycles. The first-order valence-electron chi connectivity index (χ1n) is 5.01. The minimum Gasteiger partial charge on any atom is -0.324 e. The van der Waals surface area contributed by atoms with Gasteiger partial charge in [-0.15, -0.1) is 5.10 Å². The Hall–Kier alpha value is -0.950. The summed E-state index contributed by atoms with van der Waals surface area (Å²) < 4.78 is 2.89. The third kappa shape index (κ3) is 2.79. The van der Waals surface area contributed by atoms with Gasteiger partial charge in [0.05, 0.1) is 5.69 Å². The molecule has 0 fully saturated rings. The summed E-state index contributed by atoms with van der Waals surface area (Å²) in [6.07, 6.45) is 2.61. The van der Waals surface area contributed by atoms with E-state index < -0.39 is 0 Å². The van der Waals surface area contributed by atoms with Gasteiger partial charge >= 0.3 is 0 Å². The van der Waals surface area contributed by atoms with E-state index in [9.17, 15) is 0 Å². The zero-order chi connectivity index (χ0) is 11.5. The molecule has 0 spiro atoms. The largest absolute Gasteiger partial charge is 0.324 e. The highest BCUT2D eigenvalue weighted by Gasteiger charge is 2.09. The van der Waals surface area contributed by atoms with Gasteiger partial charge in [0.25, 0.3) is 0 Å². The van der Waals surface area contributed by atoms with Gasteiger partial charge < -0.3 is 5.73 Å². The molecule has 0 radical (unpaired) electrons. The summed E-state index contributed by atoms with van der Waals surface area (Å²) in [5, 5.41) is 7.93. The zero-order valence-electron chi connectivity index (χ0n) is 8.97. The third-order valence-electron chi connectivity index (χ3n) is 2.36. The Morgan fingerprint density at radius 3 is 2.94 bits per heavy atom. The highest BCUT2D eigenvalue weighted by molar-refractivity contribution is 14.1. The van der Waals surface area contributed by atoms with Gasteiger partial charge in [0.15, 0.2) is 0 Å². The summed E-state index contributed by atoms with van der Waals surface area (Å²) in [4.78, 5) is 0. The molecule has 2 aromatic rings. The number of rotatable bonds is 3. The van der Waals surface area contributed by atoms with Crippen LogP contribution < -0.4 is 5.73 Å². The van der Waals surface area contributed by atoms with Crippen molar-refractivity contribution in [3.05, 3.63) is 45.3 Å². The molecule has 84 valence electrons. The highest BCUT2D eigenvalue weighted by atomic mass is 127. The van der Waals surface area contributed by atoms with Crippen LogP contribution in [0.4, 0.5) is 0 Å². The molecule has 1 unspecified atom stereocenters. The minimum absolute atomic E-state index is 0.0218. The number of benzene rings is 1. The van der Waals surface area contributed by atoms with Crippen LogP contribution in [-0.4, -0.2) is 15.0 Å². The maximum absolute atomic E-state index is 6.12. The fourth-order valence-corrected chi connectivity index (χ4v) is 2.14. The van der Waals surface area contributed by atoms with E-state index in [-0.39, 0.29) is 6.04 Å². The standard InChI is InChI=1S/C11H13IN4/c1-16-7-10(14-15-16)6-11(13)8-3-2-4-9(12)5-8/h2-5,7,11H,6,13H2,1H3. The monoisotopic (exact) mass is 328 g/mol. The average molecular weight is 328 g/mol. The molecule has 16 heavy (non-hydrogen) atoms. The Bertz CT molecular complexity index is 480. The van der Waals surface area contributed by atoms with E-state index in [0.29, 0.717) is 6.42 Å². The van der Waals surface area contributed by atoms with Crippen LogP contribution in [0.5, 0.6) is 0 Å². The van der Waals surface area contributed by atoms with Crippen molar-refractivity contribution in [3.63, 3.8) is 0 Å². The van der Waals surface area contributed by atoms with E-state index >= 15 is 0 Å². The summed E-state index contributed by atoms with van der Waals surface area (Å²) in [6.45, 7) is 0. The van der Waals surface area contributed by atoms with Gasteiger partial charge in [-0.1, -0.05) is 17.3 Å². The molecule has 1 atom stereocenters. The predicted octanol–water partition coefficient (Wildman–Crippen LogP) is 1.66. The Kier molecular flexibility index (Phi) is 3.55. The second-order valence-corrected chi connectivity index (χ2v) is 4.99. The fourth-order valence-electron chi connectivity index (χ4n) is 1.57. The molecule has 1 aromatic carbocycles. The van der Waals surface area contributed by atoms with Crippen molar-refractivity contribution in [2.45, 2.75) is 12.5 Å². The van der Waals surface area contributed by atoms with Crippen LogP contribution in [0.1, 0.15) is 17.3 Å². The van der Waals surface area contributed by atoms with Crippen molar-refractivity contribution >= 4 is 22.6 Å². The van der Waals surface area contributed by atoms with Crippen molar-refractivity contribution in [1.29, 1.82) is 0 Å². The SMILES string of the molecule is Cn1cc(CC(N)c2cccc(I)c2)nn1. The van der Waals surface area contributed by atoms with Crippen LogP contribution in [0.25, 0.3) is 0 Å². The topological polar surface area (TPSA) is 56.7 Å². The van der Waals surface area contributed by atoms with Crippen molar-refractivity contribution in [2.75, 3.05) is 0 Å². The van der Waals surface area contributed by atoms with E-state index in [0.717, 1.165) is 11.3 Å². The second kappa shape index (κ2) is 4.92. The number of nitrogens with two attached hydrogens (primary N) is 1. The minimum atomic E-state index is -0.0218. The van der Waals surface area contributed by atoms with Gasteiger partial charge in [0.2, 0.25) is 0 Å². The summed E-state index contributed by atoms with van der Waals surface area (Å²) in [7, 11) is 1.85. The van der Waals surface area contributed by atoms with Crippen molar-refractivity contribution in [1.82, 2.24) is 15.0 Å². The quantitative estimate of drug-likeness (QED) is 0.872. The van der Waals surface area contributed by atoms with Crippen molar-refractivity contribution in [2.24, 2.45) is 12.8 Å². The van der Waals surface area contributed by atoms with Gasteiger partial charge in [0, 0.05) is 29.3 Å². The first kappa shape index (κ1) is 11.5. The van der Waals surface area contributed by atoms with Gasteiger partial charge in [-0.3, -0.25) is 4.68 Å². The van der Waals surface area contributed by atoms with Gasteiger partial charge in [0.1, 0.15) is 0 Å². The van der Waals surface area contributed by atoms with Crippen molar-refractivity contribution < 1.29 is 0 Å². The summed E-state index contributed by atoms with van der Waals surface area (Å²) in [6, 6.07) is 8.20. The van der Waals surface area contributed by atoms with E-state index in [1.54, 1.807) is 4.68 Å². The van der Waals surface area contributed by atoms with Crippen LogP contribution in [0.2, 0.25) is 0 Å². The molecule has 0 saturated heterocycles. The average Bonchev–Trinajstić information content (AvgIpc) is 2.64. The third-order valence-corrected chi connectivity index (χ3v) is 3.03. The molecule has 0 saturated carbocycles. The van der Waals surface area contributed by atoms with Gasteiger partial charge in [-0.2, -0.15) is 0 Å². The van der Waals surface area contributed by atoms with Crippen LogP contribution in [-0.2, 0) is 13.5 Å². The predicted molar refractivity (Wildman–Crippen MR) is 70.8 cm³/mol. The molecule has 0 amide bonds. The number of aryl methyl sites for hydroxylation is 1. The van der Waals surface area contributed by atoms with Crippen molar-refractivity contribution in [3.8, 4) is 0 Å². The first-order chi connectivity index (χ1) is 7.65. The highest BCUT2D eigenvalue weighted by Crippen LogP contribution is 2.17. The number of hydrogen-bond acceptors (Lipinski definition) is 3. The lowest BCUT2D eigenvalue weighted by atomic mass is 10.0. The number of hydrogen-bond donors (Lipinski definition) is 1.